The van der Waals surface area contributed by atoms with Crippen LogP contribution in [0.4, 0.5) is 11.4 Å². The Morgan fingerprint density at radius 3 is 3.00 bits per heavy atom. The third-order valence-corrected chi connectivity index (χ3v) is 3.95. The molecule has 0 fully saturated rings. The summed E-state index contributed by atoms with van der Waals surface area (Å²) < 4.78 is 5.33. The van der Waals surface area contributed by atoms with Crippen molar-refractivity contribution in [2.75, 3.05) is 17.2 Å². The lowest BCUT2D eigenvalue weighted by atomic mass is 10.2. The molecule has 3 N–H and O–H groups in total. The molecule has 24 heavy (non-hydrogen) atoms. The van der Waals surface area contributed by atoms with Crippen molar-refractivity contribution < 1.29 is 14.3 Å². The predicted molar refractivity (Wildman–Crippen MR) is 89.6 cm³/mol. The lowest BCUT2D eigenvalue weighted by Crippen LogP contribution is -2.25. The number of hydrogen-bond donors (Lipinski definition) is 3. The van der Waals surface area contributed by atoms with Gasteiger partial charge in [0, 0.05) is 11.5 Å². The van der Waals surface area contributed by atoms with E-state index in [1.165, 1.54) is 6.07 Å². The molecule has 2 amide bonds. The van der Waals surface area contributed by atoms with Gasteiger partial charge in [-0.1, -0.05) is 29.8 Å². The van der Waals surface area contributed by atoms with Gasteiger partial charge in [0.1, 0.15) is 5.75 Å². The van der Waals surface area contributed by atoms with Gasteiger partial charge in [-0.25, -0.2) is 0 Å². The molecule has 7 nitrogen and oxygen atoms in total. The third kappa shape index (κ3) is 2.44. The molecule has 0 atom stereocenters. The van der Waals surface area contributed by atoms with Gasteiger partial charge in [0.05, 0.1) is 21.9 Å². The Balaban J connectivity index is 1.65. The number of nitrogens with one attached hydrogen (secondary N) is 3. The number of halogens is 1. The van der Waals surface area contributed by atoms with Gasteiger partial charge in [-0.3, -0.25) is 14.7 Å². The van der Waals surface area contributed by atoms with E-state index < -0.39 is 5.91 Å². The first-order valence-corrected chi connectivity index (χ1v) is 7.50. The summed E-state index contributed by atoms with van der Waals surface area (Å²) in [6, 6.07) is 10.4. The van der Waals surface area contributed by atoms with Crippen molar-refractivity contribution in [3.05, 3.63) is 47.1 Å². The molecule has 2 aromatic carbocycles. The molecule has 3 aromatic rings. The van der Waals surface area contributed by atoms with E-state index in [0.717, 1.165) is 5.52 Å². The Morgan fingerprint density at radius 2 is 2.12 bits per heavy atom. The quantitative estimate of drug-likeness (QED) is 0.667. The minimum atomic E-state index is -0.394. The number of amides is 2. The van der Waals surface area contributed by atoms with Crippen LogP contribution in [-0.4, -0.2) is 28.6 Å². The second-order valence-electron chi connectivity index (χ2n) is 5.24. The maximum Gasteiger partial charge on any atom is 0.276 e. The summed E-state index contributed by atoms with van der Waals surface area (Å²) in [5, 5.41) is 13.2. The van der Waals surface area contributed by atoms with Gasteiger partial charge < -0.3 is 15.4 Å². The van der Waals surface area contributed by atoms with E-state index in [4.69, 9.17) is 16.3 Å². The number of anilines is 2. The monoisotopic (exact) mass is 342 g/mol. The van der Waals surface area contributed by atoms with Crippen molar-refractivity contribution in [1.29, 1.82) is 0 Å². The number of fused-ring (bicyclic) bond motifs is 2. The van der Waals surface area contributed by atoms with Gasteiger partial charge in [-0.15, -0.1) is 0 Å². The number of para-hydroxylation sites is 1. The second kappa shape index (κ2) is 5.54. The van der Waals surface area contributed by atoms with Crippen molar-refractivity contribution >= 4 is 45.7 Å². The fourth-order valence-electron chi connectivity index (χ4n) is 2.51. The molecule has 2 heterocycles. The molecule has 1 aromatic heterocycles. The number of ether oxygens (including phenoxy) is 1. The summed E-state index contributed by atoms with van der Waals surface area (Å²) in [5.74, 6) is -0.200. The van der Waals surface area contributed by atoms with Crippen LogP contribution in [0.5, 0.6) is 5.75 Å². The zero-order chi connectivity index (χ0) is 16.7. The van der Waals surface area contributed by atoms with Crippen molar-refractivity contribution in [3.8, 4) is 5.75 Å². The van der Waals surface area contributed by atoms with Gasteiger partial charge in [0.15, 0.2) is 12.3 Å². The molecule has 0 bridgehead atoms. The highest BCUT2D eigenvalue weighted by Gasteiger charge is 2.20. The van der Waals surface area contributed by atoms with Crippen LogP contribution in [0.3, 0.4) is 0 Å². The number of aromatic nitrogens is 2. The molecule has 0 unspecified atom stereocenters. The first-order valence-electron chi connectivity index (χ1n) is 7.12. The summed E-state index contributed by atoms with van der Waals surface area (Å²) >= 11 is 6.18. The number of H-pyrrole nitrogens is 1. The molecule has 0 spiro atoms. The Kier molecular flexibility index (Phi) is 3.35. The van der Waals surface area contributed by atoms with Crippen LogP contribution in [0, 0.1) is 0 Å². The van der Waals surface area contributed by atoms with Gasteiger partial charge in [0.2, 0.25) is 0 Å². The average molecular weight is 343 g/mol. The Bertz CT molecular complexity index is 983. The minimum absolute atomic E-state index is 0.0774. The summed E-state index contributed by atoms with van der Waals surface area (Å²) in [5.41, 5.74) is 1.89. The lowest BCUT2D eigenvalue weighted by molar-refractivity contribution is -0.118. The number of rotatable bonds is 2. The van der Waals surface area contributed by atoms with Gasteiger partial charge in [0.25, 0.3) is 11.8 Å². The maximum atomic E-state index is 12.5. The zero-order valence-corrected chi connectivity index (χ0v) is 13.0. The van der Waals surface area contributed by atoms with Crippen molar-refractivity contribution in [3.63, 3.8) is 0 Å². The average Bonchev–Trinajstić information content (AvgIpc) is 3.00. The molecule has 0 saturated carbocycles. The second-order valence-corrected chi connectivity index (χ2v) is 5.64. The molecule has 1 aliphatic rings. The number of nitrogens with zero attached hydrogens (tertiary/aromatic N) is 1. The van der Waals surface area contributed by atoms with Crippen molar-refractivity contribution in [2.45, 2.75) is 0 Å². The summed E-state index contributed by atoms with van der Waals surface area (Å²) in [4.78, 5) is 23.8. The standard InChI is InChI=1S/C16H11ClN4O3/c17-9-5-12-13(24-7-14(22)18-12)6-11(9)19-16(23)15-8-3-1-2-4-10(8)20-21-15/h1-6H,7H2,(H,18,22)(H,19,23)(H,20,21). The molecule has 120 valence electrons. The molecule has 0 aliphatic carbocycles. The smallest absolute Gasteiger partial charge is 0.276 e. The Morgan fingerprint density at radius 1 is 1.29 bits per heavy atom. The molecule has 8 heteroatoms. The third-order valence-electron chi connectivity index (χ3n) is 3.64. The molecule has 4 rings (SSSR count). The van der Waals surface area contributed by atoms with E-state index in [0.29, 0.717) is 22.5 Å². The maximum absolute atomic E-state index is 12.5. The van der Waals surface area contributed by atoms with E-state index in [1.807, 2.05) is 18.2 Å². The van der Waals surface area contributed by atoms with E-state index >= 15 is 0 Å². The number of hydrogen-bond acceptors (Lipinski definition) is 4. The number of benzene rings is 2. The van der Waals surface area contributed by atoms with Gasteiger partial charge >= 0.3 is 0 Å². The topological polar surface area (TPSA) is 96.1 Å². The zero-order valence-electron chi connectivity index (χ0n) is 12.2. The van der Waals surface area contributed by atoms with Crippen LogP contribution in [0.2, 0.25) is 5.02 Å². The molecular weight excluding hydrogens is 332 g/mol. The Hall–Kier alpha value is -3.06. The summed E-state index contributed by atoms with van der Waals surface area (Å²) in [7, 11) is 0. The summed E-state index contributed by atoms with van der Waals surface area (Å²) in [6.07, 6.45) is 0. The summed E-state index contributed by atoms with van der Waals surface area (Å²) in [6.45, 7) is -0.0774. The van der Waals surface area contributed by atoms with Crippen molar-refractivity contribution in [1.82, 2.24) is 10.2 Å². The fourth-order valence-corrected chi connectivity index (χ4v) is 2.72. The molecular formula is C16H11ClN4O3. The highest BCUT2D eigenvalue weighted by Crippen LogP contribution is 2.36. The number of carbonyl (C=O) groups excluding carboxylic acids is 2. The van der Waals surface area contributed by atoms with E-state index in [-0.39, 0.29) is 23.2 Å². The fraction of sp³-hybridized carbons (Fsp3) is 0.0625. The van der Waals surface area contributed by atoms with Crippen LogP contribution in [-0.2, 0) is 4.79 Å². The van der Waals surface area contributed by atoms with Crippen LogP contribution in [0.25, 0.3) is 10.9 Å². The van der Waals surface area contributed by atoms with Gasteiger partial charge in [-0.05, 0) is 12.1 Å². The van der Waals surface area contributed by atoms with Crippen LogP contribution in [0.15, 0.2) is 36.4 Å². The Labute approximate surface area is 140 Å². The molecule has 1 aliphatic heterocycles. The highest BCUT2D eigenvalue weighted by atomic mass is 35.5. The highest BCUT2D eigenvalue weighted by molar-refractivity contribution is 6.34. The minimum Gasteiger partial charge on any atom is -0.482 e. The van der Waals surface area contributed by atoms with Crippen LogP contribution >= 0.6 is 11.6 Å². The first-order chi connectivity index (χ1) is 11.6. The predicted octanol–water partition coefficient (Wildman–Crippen LogP) is 2.80. The number of aromatic amines is 1. The lowest BCUT2D eigenvalue weighted by Gasteiger charge is -2.19. The number of carbonyl (C=O) groups is 2. The normalized spacial score (nSPS) is 13.1. The van der Waals surface area contributed by atoms with E-state index in [2.05, 4.69) is 20.8 Å². The van der Waals surface area contributed by atoms with Crippen LogP contribution < -0.4 is 15.4 Å². The van der Waals surface area contributed by atoms with Crippen LogP contribution in [0.1, 0.15) is 10.5 Å². The molecule has 0 radical (unpaired) electrons. The van der Waals surface area contributed by atoms with Crippen molar-refractivity contribution in [2.24, 2.45) is 0 Å². The van der Waals surface area contributed by atoms with E-state index in [9.17, 15) is 9.59 Å². The first kappa shape index (κ1) is 14.5. The van der Waals surface area contributed by atoms with Gasteiger partial charge in [-0.2, -0.15) is 5.10 Å². The molecule has 0 saturated heterocycles. The SMILES string of the molecule is O=C1COc2cc(NC(=O)c3n[nH]c4ccccc34)c(Cl)cc2N1. The largest absolute Gasteiger partial charge is 0.482 e. The van der Waals surface area contributed by atoms with E-state index in [1.54, 1.807) is 12.1 Å².